The van der Waals surface area contributed by atoms with Crippen molar-refractivity contribution in [2.45, 2.75) is 13.8 Å². The minimum atomic E-state index is -1.23. The van der Waals surface area contributed by atoms with Crippen LogP contribution >= 0.6 is 45.3 Å². The highest BCUT2D eigenvalue weighted by atomic mass is 32.1. The van der Waals surface area contributed by atoms with E-state index < -0.39 is 11.9 Å². The summed E-state index contributed by atoms with van der Waals surface area (Å²) in [6.07, 6.45) is 11.2. The summed E-state index contributed by atoms with van der Waals surface area (Å²) in [5, 5.41) is 27.5. The second-order valence-electron chi connectivity index (χ2n) is 13.2. The van der Waals surface area contributed by atoms with Gasteiger partial charge >= 0.3 is 11.9 Å². The van der Waals surface area contributed by atoms with Gasteiger partial charge < -0.3 is 15.1 Å². The molecule has 3 aromatic carbocycles. The quantitative estimate of drug-likeness (QED) is 0.0680. The Hall–Kier alpha value is -6.86. The number of rotatable bonds is 13. The van der Waals surface area contributed by atoms with E-state index in [2.05, 4.69) is 139 Å². The predicted molar refractivity (Wildman–Crippen MR) is 247 cm³/mol. The molecule has 0 radical (unpaired) electrons. The van der Waals surface area contributed by atoms with Crippen LogP contribution in [-0.2, 0) is 9.59 Å². The molecule has 0 spiro atoms. The summed E-state index contributed by atoms with van der Waals surface area (Å²) in [6, 6.07) is 41.1. The molecule has 11 heteroatoms. The lowest BCUT2D eigenvalue weighted by atomic mass is 10.1. The average molecular weight is 844 g/mol. The van der Waals surface area contributed by atoms with E-state index in [4.69, 9.17) is 11.8 Å². The maximum Gasteiger partial charge on any atom is 0.346 e. The standard InChI is InChI=1S/C48H33N3O4S4/c1-30-4-21-42(31(2)26-30)51(35-11-5-32(6-12-35)9-15-37-17-22-43(56-37)45-24-19-39(58-45)27-34(29-49)47(52)53)36-13-7-33(8-14-36)10-16-38-18-23-44(57-38)46-25-20-40(59-46)28-41(50-3)48(54)55/h4-28H,1-2H3,(H,52,53)(H,54,55)/b15-9+,16-10+,34-27+,41-28-. The third kappa shape index (κ3) is 9.82. The molecule has 7 rings (SSSR count). The highest BCUT2D eigenvalue weighted by Gasteiger charge is 2.15. The number of carbonyl (C=O) groups is 2. The molecule has 0 bridgehead atoms. The summed E-state index contributed by atoms with van der Waals surface area (Å²) in [4.78, 5) is 35.6. The van der Waals surface area contributed by atoms with Crippen molar-refractivity contribution in [1.29, 1.82) is 5.26 Å². The second-order valence-corrected chi connectivity index (χ2v) is 17.7. The van der Waals surface area contributed by atoms with Crippen LogP contribution in [0.25, 0.3) is 60.8 Å². The van der Waals surface area contributed by atoms with Crippen molar-refractivity contribution in [1.82, 2.24) is 0 Å². The van der Waals surface area contributed by atoms with Crippen LogP contribution in [0.4, 0.5) is 17.1 Å². The van der Waals surface area contributed by atoms with Crippen LogP contribution in [0.1, 0.15) is 41.8 Å². The van der Waals surface area contributed by atoms with Crippen molar-refractivity contribution < 1.29 is 19.8 Å². The molecule has 0 saturated heterocycles. The van der Waals surface area contributed by atoms with Crippen molar-refractivity contribution in [2.75, 3.05) is 4.90 Å². The van der Waals surface area contributed by atoms with Crippen LogP contribution < -0.4 is 4.90 Å². The number of aryl methyl sites for hydroxylation is 2. The maximum absolute atomic E-state index is 11.2. The molecule has 4 heterocycles. The topological polar surface area (TPSA) is 106 Å². The fourth-order valence-electron chi connectivity index (χ4n) is 6.15. The largest absolute Gasteiger partial charge is 0.486 e. The maximum atomic E-state index is 11.2. The van der Waals surface area contributed by atoms with Gasteiger partial charge in [-0.05, 0) is 134 Å². The van der Waals surface area contributed by atoms with E-state index in [0.29, 0.717) is 0 Å². The molecule has 0 saturated carbocycles. The minimum absolute atomic E-state index is 0.287. The van der Waals surface area contributed by atoms with Gasteiger partial charge in [0.05, 0.1) is 6.57 Å². The second kappa shape index (κ2) is 18.2. The number of nitrogens with zero attached hydrogens (tertiary/aromatic N) is 3. The van der Waals surface area contributed by atoms with E-state index in [1.807, 2.05) is 24.3 Å². The molecule has 0 aliphatic carbocycles. The van der Waals surface area contributed by atoms with Gasteiger partial charge in [0.25, 0.3) is 5.70 Å². The van der Waals surface area contributed by atoms with Gasteiger partial charge in [-0.1, -0.05) is 54.1 Å². The summed E-state index contributed by atoms with van der Waals surface area (Å²) in [5.41, 5.74) is 7.07. The first-order valence-electron chi connectivity index (χ1n) is 18.1. The van der Waals surface area contributed by atoms with Crippen molar-refractivity contribution in [3.63, 3.8) is 0 Å². The summed E-state index contributed by atoms with van der Waals surface area (Å²) in [7, 11) is 0. The van der Waals surface area contributed by atoms with Gasteiger partial charge in [0.15, 0.2) is 0 Å². The molecule has 288 valence electrons. The Bertz CT molecular complexity index is 2720. The Morgan fingerprint density at radius 2 is 1.07 bits per heavy atom. The van der Waals surface area contributed by atoms with Crippen molar-refractivity contribution in [3.05, 3.63) is 180 Å². The number of hydrogen-bond acceptors (Lipinski definition) is 8. The number of carboxylic acid groups (broad SMARTS) is 2. The normalized spacial score (nSPS) is 11.9. The van der Waals surface area contributed by atoms with Crippen molar-refractivity contribution in [3.8, 4) is 25.6 Å². The Morgan fingerprint density at radius 3 is 1.49 bits per heavy atom. The average Bonchev–Trinajstić information content (AvgIpc) is 4.07. The molecular formula is C48H33N3O4S4. The Balaban J connectivity index is 1.06. The zero-order valence-corrected chi connectivity index (χ0v) is 34.9. The molecular weight excluding hydrogens is 811 g/mol. The molecule has 4 aromatic heterocycles. The number of hydrogen-bond donors (Lipinski definition) is 2. The zero-order valence-electron chi connectivity index (χ0n) is 31.6. The summed E-state index contributed by atoms with van der Waals surface area (Å²) < 4.78 is 0. The highest BCUT2D eigenvalue weighted by Crippen LogP contribution is 2.39. The first-order valence-corrected chi connectivity index (χ1v) is 21.3. The summed E-state index contributed by atoms with van der Waals surface area (Å²) >= 11 is 6.21. The van der Waals surface area contributed by atoms with Gasteiger partial charge in [-0.2, -0.15) is 5.26 Å². The summed E-state index contributed by atoms with van der Waals surface area (Å²) in [5.74, 6) is -2.46. The van der Waals surface area contributed by atoms with E-state index in [-0.39, 0.29) is 11.3 Å². The first-order chi connectivity index (χ1) is 28.6. The van der Waals surface area contributed by atoms with Gasteiger partial charge in [-0.3, -0.25) is 4.79 Å². The summed E-state index contributed by atoms with van der Waals surface area (Å²) in [6.45, 7) is 11.3. The van der Waals surface area contributed by atoms with Gasteiger partial charge in [0.2, 0.25) is 0 Å². The van der Waals surface area contributed by atoms with Crippen LogP contribution in [0.15, 0.2) is 127 Å². The van der Waals surface area contributed by atoms with Gasteiger partial charge in [-0.25, -0.2) is 9.64 Å². The van der Waals surface area contributed by atoms with E-state index in [0.717, 1.165) is 67.2 Å². The minimum Gasteiger partial charge on any atom is -0.486 e. The van der Waals surface area contributed by atoms with Crippen LogP contribution in [0.5, 0.6) is 0 Å². The smallest absolute Gasteiger partial charge is 0.346 e. The Morgan fingerprint density at radius 1 is 0.610 bits per heavy atom. The molecule has 0 aliphatic heterocycles. The zero-order chi connectivity index (χ0) is 41.5. The van der Waals surface area contributed by atoms with Gasteiger partial charge in [-0.15, -0.1) is 45.3 Å². The number of benzene rings is 3. The monoisotopic (exact) mass is 843 g/mol. The Labute approximate surface area is 357 Å². The molecule has 7 nitrogen and oxygen atoms in total. The fraction of sp³-hybridized carbons (Fsp3) is 0.0417. The molecule has 7 aromatic rings. The van der Waals surface area contributed by atoms with E-state index in [9.17, 15) is 19.8 Å². The molecule has 59 heavy (non-hydrogen) atoms. The molecule has 0 amide bonds. The molecule has 2 N–H and O–H groups in total. The van der Waals surface area contributed by atoms with Gasteiger partial charge in [0.1, 0.15) is 11.6 Å². The number of nitriles is 1. The fourth-order valence-corrected chi connectivity index (χ4v) is 10.0. The van der Waals surface area contributed by atoms with Crippen LogP contribution in [0.3, 0.4) is 0 Å². The van der Waals surface area contributed by atoms with E-state index in [1.165, 1.54) is 46.0 Å². The van der Waals surface area contributed by atoms with Crippen LogP contribution in [0, 0.1) is 31.8 Å². The Kier molecular flexibility index (Phi) is 12.4. The number of carboxylic acids is 2. The van der Waals surface area contributed by atoms with Crippen molar-refractivity contribution >= 4 is 111 Å². The third-order valence-corrected chi connectivity index (χ3v) is 13.6. The lowest BCUT2D eigenvalue weighted by Gasteiger charge is -2.27. The number of anilines is 3. The molecule has 0 unspecified atom stereocenters. The lowest BCUT2D eigenvalue weighted by Crippen LogP contribution is -2.11. The van der Waals surface area contributed by atoms with Crippen LogP contribution in [-0.4, -0.2) is 22.2 Å². The first kappa shape index (κ1) is 40.3. The number of thiophene rings is 4. The highest BCUT2D eigenvalue weighted by molar-refractivity contribution is 7.23. The molecule has 0 aliphatic rings. The van der Waals surface area contributed by atoms with Crippen LogP contribution in [0.2, 0.25) is 0 Å². The predicted octanol–water partition coefficient (Wildman–Crippen LogP) is 14.0. The molecule has 0 fully saturated rings. The lowest BCUT2D eigenvalue weighted by molar-refractivity contribution is -0.133. The molecule has 0 atom stereocenters. The van der Waals surface area contributed by atoms with Gasteiger partial charge in [0, 0.05) is 56.1 Å². The van der Waals surface area contributed by atoms with Crippen molar-refractivity contribution in [2.24, 2.45) is 0 Å². The van der Waals surface area contributed by atoms with E-state index >= 15 is 0 Å². The number of aliphatic carboxylic acids is 2. The SMILES string of the molecule is [C-]#[N+]/C(=C\c1ccc(-c2ccc(/C=C/c3ccc(N(c4ccc(/C=C/c5ccc(-c6ccc(/C=C(\C#N)C(=O)O)s6)s5)cc4)c4ccc(C)cc4C)cc3)s2)s1)C(=O)O. The third-order valence-electron chi connectivity index (χ3n) is 9.02. The van der Waals surface area contributed by atoms with E-state index in [1.54, 1.807) is 28.7 Å².